The largest absolute Gasteiger partial charge is 0.330 e. The zero-order chi connectivity index (χ0) is 12.8. The quantitative estimate of drug-likeness (QED) is 0.898. The Balaban J connectivity index is 2.10. The molecular formula is C15H23BrN2. The number of benzene rings is 1. The van der Waals surface area contributed by atoms with Crippen LogP contribution in [-0.4, -0.2) is 24.5 Å². The van der Waals surface area contributed by atoms with Crippen molar-refractivity contribution in [1.82, 2.24) is 4.90 Å². The van der Waals surface area contributed by atoms with Crippen LogP contribution in [0.2, 0.25) is 0 Å². The van der Waals surface area contributed by atoms with Gasteiger partial charge < -0.3 is 5.73 Å². The lowest BCUT2D eigenvalue weighted by molar-refractivity contribution is 0.154. The van der Waals surface area contributed by atoms with E-state index in [4.69, 9.17) is 5.73 Å². The highest BCUT2D eigenvalue weighted by molar-refractivity contribution is 9.10. The van der Waals surface area contributed by atoms with Crippen molar-refractivity contribution in [2.45, 2.75) is 38.1 Å². The van der Waals surface area contributed by atoms with Gasteiger partial charge in [-0.1, -0.05) is 34.5 Å². The van der Waals surface area contributed by atoms with Crippen molar-refractivity contribution in [3.05, 3.63) is 34.3 Å². The van der Waals surface area contributed by atoms with Crippen LogP contribution in [0, 0.1) is 0 Å². The minimum Gasteiger partial charge on any atom is -0.330 e. The molecule has 0 bridgehead atoms. The standard InChI is InChI=1S/C15H23BrN2/c16-14-8-6-13(7-9-14)15(5-4-10-17)18-11-2-1-3-12-18/h6-9,15H,1-5,10-12,17H2. The van der Waals surface area contributed by atoms with Gasteiger partial charge in [0.05, 0.1) is 0 Å². The van der Waals surface area contributed by atoms with Crippen molar-refractivity contribution in [3.8, 4) is 0 Å². The molecule has 1 aromatic rings. The van der Waals surface area contributed by atoms with Crippen LogP contribution in [0.1, 0.15) is 43.7 Å². The van der Waals surface area contributed by atoms with E-state index in [0.29, 0.717) is 6.04 Å². The van der Waals surface area contributed by atoms with Crippen molar-refractivity contribution in [3.63, 3.8) is 0 Å². The molecule has 1 aromatic carbocycles. The first-order valence-corrected chi connectivity index (χ1v) is 7.80. The Hall–Kier alpha value is -0.380. The summed E-state index contributed by atoms with van der Waals surface area (Å²) in [7, 11) is 0. The molecule has 1 aliphatic rings. The lowest BCUT2D eigenvalue weighted by Crippen LogP contribution is -2.34. The average Bonchev–Trinajstić information content (AvgIpc) is 2.42. The Morgan fingerprint density at radius 1 is 1.11 bits per heavy atom. The molecule has 18 heavy (non-hydrogen) atoms. The van der Waals surface area contributed by atoms with Crippen LogP contribution >= 0.6 is 15.9 Å². The maximum atomic E-state index is 5.68. The number of nitrogens with two attached hydrogens (primary N) is 1. The molecule has 2 nitrogen and oxygen atoms in total. The van der Waals surface area contributed by atoms with E-state index >= 15 is 0 Å². The molecular weight excluding hydrogens is 288 g/mol. The molecule has 2 N–H and O–H groups in total. The third-order valence-electron chi connectivity index (χ3n) is 3.77. The van der Waals surface area contributed by atoms with Gasteiger partial charge in [-0.15, -0.1) is 0 Å². The summed E-state index contributed by atoms with van der Waals surface area (Å²) in [5.74, 6) is 0. The number of piperidine rings is 1. The lowest BCUT2D eigenvalue weighted by atomic mass is 9.97. The van der Waals surface area contributed by atoms with Crippen LogP contribution in [-0.2, 0) is 0 Å². The highest BCUT2D eigenvalue weighted by atomic mass is 79.9. The van der Waals surface area contributed by atoms with Crippen molar-refractivity contribution in [2.75, 3.05) is 19.6 Å². The molecule has 100 valence electrons. The van der Waals surface area contributed by atoms with Gasteiger partial charge in [-0.3, -0.25) is 4.90 Å². The lowest BCUT2D eigenvalue weighted by Gasteiger charge is -2.35. The monoisotopic (exact) mass is 310 g/mol. The van der Waals surface area contributed by atoms with E-state index in [2.05, 4.69) is 45.1 Å². The molecule has 0 aromatic heterocycles. The molecule has 1 atom stereocenters. The Morgan fingerprint density at radius 2 is 1.78 bits per heavy atom. The molecule has 2 rings (SSSR count). The Labute approximate surface area is 119 Å². The number of nitrogens with zero attached hydrogens (tertiary/aromatic N) is 1. The van der Waals surface area contributed by atoms with Crippen molar-refractivity contribution in [2.24, 2.45) is 5.73 Å². The normalized spacial score (nSPS) is 18.8. The smallest absolute Gasteiger partial charge is 0.0348 e. The van der Waals surface area contributed by atoms with Crippen LogP contribution in [0.4, 0.5) is 0 Å². The molecule has 1 aliphatic heterocycles. The van der Waals surface area contributed by atoms with Gasteiger partial charge in [0.1, 0.15) is 0 Å². The van der Waals surface area contributed by atoms with Gasteiger partial charge in [-0.25, -0.2) is 0 Å². The van der Waals surface area contributed by atoms with Gasteiger partial charge in [-0.2, -0.15) is 0 Å². The van der Waals surface area contributed by atoms with Crippen molar-refractivity contribution in [1.29, 1.82) is 0 Å². The second kappa shape index (κ2) is 7.27. The number of rotatable bonds is 5. The fourth-order valence-corrected chi connectivity index (χ4v) is 3.05. The molecule has 3 heteroatoms. The molecule has 1 saturated heterocycles. The SMILES string of the molecule is NCCCC(c1ccc(Br)cc1)N1CCCCC1. The highest BCUT2D eigenvalue weighted by Crippen LogP contribution is 2.29. The van der Waals surface area contributed by atoms with Gasteiger partial charge >= 0.3 is 0 Å². The Bertz CT molecular complexity index is 344. The molecule has 0 spiro atoms. The van der Waals surface area contributed by atoms with E-state index in [0.717, 1.165) is 17.4 Å². The maximum Gasteiger partial charge on any atom is 0.0348 e. The van der Waals surface area contributed by atoms with Crippen molar-refractivity contribution < 1.29 is 0 Å². The van der Waals surface area contributed by atoms with E-state index in [9.17, 15) is 0 Å². The van der Waals surface area contributed by atoms with Gasteiger partial charge in [0, 0.05) is 10.5 Å². The number of likely N-dealkylation sites (tertiary alicyclic amines) is 1. The fraction of sp³-hybridized carbons (Fsp3) is 0.600. The summed E-state index contributed by atoms with van der Waals surface area (Å²) in [6, 6.07) is 9.35. The second-order valence-corrected chi connectivity index (χ2v) is 6.01. The van der Waals surface area contributed by atoms with E-state index in [1.807, 2.05) is 0 Å². The summed E-state index contributed by atoms with van der Waals surface area (Å²) in [5, 5.41) is 0. The number of hydrogen-bond donors (Lipinski definition) is 1. The topological polar surface area (TPSA) is 29.3 Å². The molecule has 0 saturated carbocycles. The van der Waals surface area contributed by atoms with E-state index in [1.54, 1.807) is 0 Å². The van der Waals surface area contributed by atoms with Gasteiger partial charge in [-0.05, 0) is 63.0 Å². The first kappa shape index (κ1) is 14.0. The zero-order valence-electron chi connectivity index (χ0n) is 10.9. The van der Waals surface area contributed by atoms with Crippen LogP contribution in [0.25, 0.3) is 0 Å². The molecule has 1 unspecified atom stereocenters. The zero-order valence-corrected chi connectivity index (χ0v) is 12.5. The summed E-state index contributed by atoms with van der Waals surface area (Å²) < 4.78 is 1.16. The van der Waals surface area contributed by atoms with Gasteiger partial charge in [0.2, 0.25) is 0 Å². The first-order valence-electron chi connectivity index (χ1n) is 7.01. The average molecular weight is 311 g/mol. The number of halogens is 1. The van der Waals surface area contributed by atoms with Crippen LogP contribution in [0.3, 0.4) is 0 Å². The van der Waals surface area contributed by atoms with E-state index < -0.39 is 0 Å². The summed E-state index contributed by atoms with van der Waals surface area (Å²) >= 11 is 3.51. The minimum absolute atomic E-state index is 0.557. The Kier molecular flexibility index (Phi) is 5.67. The number of hydrogen-bond acceptors (Lipinski definition) is 2. The fourth-order valence-electron chi connectivity index (χ4n) is 2.79. The summed E-state index contributed by atoms with van der Waals surface area (Å²) in [5.41, 5.74) is 7.12. The summed E-state index contributed by atoms with van der Waals surface area (Å²) in [4.78, 5) is 2.64. The van der Waals surface area contributed by atoms with E-state index in [1.165, 1.54) is 44.3 Å². The second-order valence-electron chi connectivity index (χ2n) is 5.09. The summed E-state index contributed by atoms with van der Waals surface area (Å²) in [6.45, 7) is 3.28. The van der Waals surface area contributed by atoms with Crippen LogP contribution in [0.15, 0.2) is 28.7 Å². The third kappa shape index (κ3) is 3.81. The predicted molar refractivity (Wildman–Crippen MR) is 80.6 cm³/mol. The minimum atomic E-state index is 0.557. The molecule has 0 radical (unpaired) electrons. The van der Waals surface area contributed by atoms with Crippen LogP contribution in [0.5, 0.6) is 0 Å². The van der Waals surface area contributed by atoms with Crippen molar-refractivity contribution >= 4 is 15.9 Å². The molecule has 1 fully saturated rings. The first-order chi connectivity index (χ1) is 8.81. The van der Waals surface area contributed by atoms with E-state index in [-0.39, 0.29) is 0 Å². The molecule has 0 aliphatic carbocycles. The third-order valence-corrected chi connectivity index (χ3v) is 4.30. The maximum absolute atomic E-state index is 5.68. The van der Waals surface area contributed by atoms with Gasteiger partial charge in [0.15, 0.2) is 0 Å². The predicted octanol–water partition coefficient (Wildman–Crippen LogP) is 3.72. The highest BCUT2D eigenvalue weighted by Gasteiger charge is 2.21. The molecule has 0 amide bonds. The Morgan fingerprint density at radius 3 is 2.39 bits per heavy atom. The summed E-state index contributed by atoms with van der Waals surface area (Å²) in [6.07, 6.45) is 6.36. The molecule has 1 heterocycles. The van der Waals surface area contributed by atoms with Crippen LogP contribution < -0.4 is 5.73 Å². The van der Waals surface area contributed by atoms with Gasteiger partial charge in [0.25, 0.3) is 0 Å².